The van der Waals surface area contributed by atoms with E-state index in [4.69, 9.17) is 5.73 Å². The van der Waals surface area contributed by atoms with Gasteiger partial charge in [-0.05, 0) is 30.0 Å². The summed E-state index contributed by atoms with van der Waals surface area (Å²) in [5.74, 6) is -0.222. The Morgan fingerprint density at radius 2 is 1.64 bits per heavy atom. The molecule has 0 saturated carbocycles. The van der Waals surface area contributed by atoms with Crippen molar-refractivity contribution in [3.8, 4) is 0 Å². The van der Waals surface area contributed by atoms with Crippen LogP contribution in [0.3, 0.4) is 0 Å². The van der Waals surface area contributed by atoms with E-state index in [1.165, 1.54) is 4.31 Å². The highest BCUT2D eigenvalue weighted by Crippen LogP contribution is 2.21. The van der Waals surface area contributed by atoms with E-state index in [1.54, 1.807) is 24.3 Å². The lowest BCUT2D eigenvalue weighted by Crippen LogP contribution is -2.49. The lowest BCUT2D eigenvalue weighted by molar-refractivity contribution is -0.125. The monoisotopic (exact) mass is 369 g/mol. The van der Waals surface area contributed by atoms with E-state index in [2.05, 4.69) is 5.32 Å². The maximum absolute atomic E-state index is 12.5. The highest BCUT2D eigenvalue weighted by atomic mass is 32.2. The molecule has 25 heavy (non-hydrogen) atoms. The lowest BCUT2D eigenvalue weighted by Gasteiger charge is -2.27. The third kappa shape index (κ3) is 5.26. The van der Waals surface area contributed by atoms with Crippen molar-refractivity contribution in [1.29, 1.82) is 0 Å². The van der Waals surface area contributed by atoms with Gasteiger partial charge in [0.1, 0.15) is 0 Å². The summed E-state index contributed by atoms with van der Waals surface area (Å²) in [6, 6.07) is 5.74. The highest BCUT2D eigenvalue weighted by Gasteiger charge is 2.28. The number of amides is 1. The quantitative estimate of drug-likeness (QED) is 0.771. The largest absolute Gasteiger partial charge is 0.348 e. The molecule has 0 spiro atoms. The molecular formula is C18H31N3O3S. The Kier molecular flexibility index (Phi) is 7.17. The number of nitrogens with one attached hydrogen (secondary N) is 1. The van der Waals surface area contributed by atoms with E-state index in [1.807, 2.05) is 41.5 Å². The first-order valence-electron chi connectivity index (χ1n) is 8.61. The van der Waals surface area contributed by atoms with E-state index in [0.717, 1.165) is 5.56 Å². The van der Waals surface area contributed by atoms with E-state index in [0.29, 0.717) is 13.1 Å². The standard InChI is InChI=1S/C18H31N3O3S/c1-7-21(8-2)25(23,24)15-11-9-14(10-12-15)13(3)20-17(22)16(19)18(4,5)6/h9-13,16H,7-8,19H2,1-6H3,(H,20,22)/t13?,16-/m1/s1. The first-order chi connectivity index (χ1) is 11.4. The van der Waals surface area contributed by atoms with E-state index < -0.39 is 16.1 Å². The van der Waals surface area contributed by atoms with Crippen molar-refractivity contribution in [3.63, 3.8) is 0 Å². The molecule has 0 saturated heterocycles. The van der Waals surface area contributed by atoms with Crippen molar-refractivity contribution >= 4 is 15.9 Å². The fraction of sp³-hybridized carbons (Fsp3) is 0.611. The van der Waals surface area contributed by atoms with Gasteiger partial charge in [-0.15, -0.1) is 0 Å². The minimum Gasteiger partial charge on any atom is -0.348 e. The van der Waals surface area contributed by atoms with Crippen LogP contribution in [0.2, 0.25) is 0 Å². The Hall–Kier alpha value is -1.44. The minimum absolute atomic E-state index is 0.222. The van der Waals surface area contributed by atoms with Crippen molar-refractivity contribution in [3.05, 3.63) is 29.8 Å². The molecule has 3 N–H and O–H groups in total. The van der Waals surface area contributed by atoms with Gasteiger partial charge in [-0.2, -0.15) is 4.31 Å². The molecule has 1 amide bonds. The molecule has 7 heteroatoms. The first-order valence-corrected chi connectivity index (χ1v) is 10.0. The highest BCUT2D eigenvalue weighted by molar-refractivity contribution is 7.89. The molecule has 0 heterocycles. The fourth-order valence-electron chi connectivity index (χ4n) is 2.42. The summed E-state index contributed by atoms with van der Waals surface area (Å²) in [4.78, 5) is 12.5. The maximum Gasteiger partial charge on any atom is 0.243 e. The SMILES string of the molecule is CCN(CC)S(=O)(=O)c1ccc(C(C)NC(=O)[C@@H](N)C(C)(C)C)cc1. The number of nitrogens with zero attached hydrogens (tertiary/aromatic N) is 1. The average Bonchev–Trinajstić information content (AvgIpc) is 2.54. The Morgan fingerprint density at radius 1 is 1.16 bits per heavy atom. The van der Waals surface area contributed by atoms with Crippen LogP contribution in [0, 0.1) is 5.41 Å². The minimum atomic E-state index is -3.47. The number of carbonyl (C=O) groups is 1. The third-order valence-electron chi connectivity index (χ3n) is 4.30. The summed E-state index contributed by atoms with van der Waals surface area (Å²) in [6.07, 6.45) is 0. The summed E-state index contributed by atoms with van der Waals surface area (Å²) < 4.78 is 26.4. The van der Waals surface area contributed by atoms with Crippen molar-refractivity contribution in [2.75, 3.05) is 13.1 Å². The van der Waals surface area contributed by atoms with E-state index in [-0.39, 0.29) is 22.3 Å². The Labute approximate surface area is 151 Å². The second kappa shape index (κ2) is 8.29. The smallest absolute Gasteiger partial charge is 0.243 e. The average molecular weight is 370 g/mol. The third-order valence-corrected chi connectivity index (χ3v) is 6.36. The van der Waals surface area contributed by atoms with Gasteiger partial charge in [0.15, 0.2) is 0 Å². The van der Waals surface area contributed by atoms with E-state index in [9.17, 15) is 13.2 Å². The zero-order valence-corrected chi connectivity index (χ0v) is 16.9. The number of carbonyl (C=O) groups excluding carboxylic acids is 1. The molecule has 0 aliphatic carbocycles. The van der Waals surface area contributed by atoms with Crippen LogP contribution in [0.1, 0.15) is 53.1 Å². The number of hydrogen-bond acceptors (Lipinski definition) is 4. The Morgan fingerprint density at radius 3 is 2.04 bits per heavy atom. The molecule has 1 rings (SSSR count). The second-order valence-electron chi connectivity index (χ2n) is 7.23. The second-order valence-corrected chi connectivity index (χ2v) is 9.17. The van der Waals surface area contributed by atoms with Crippen molar-refractivity contribution in [2.45, 2.75) is 58.5 Å². The predicted molar refractivity (Wildman–Crippen MR) is 101 cm³/mol. The molecular weight excluding hydrogens is 338 g/mol. The van der Waals surface area contributed by atoms with Gasteiger partial charge in [-0.25, -0.2) is 8.42 Å². The maximum atomic E-state index is 12.5. The molecule has 0 aliphatic rings. The summed E-state index contributed by atoms with van der Waals surface area (Å²) in [6.45, 7) is 12.1. The Balaban J connectivity index is 2.91. The first kappa shape index (κ1) is 21.6. The Bertz CT molecular complexity index is 675. The van der Waals surface area contributed by atoms with Crippen molar-refractivity contribution in [2.24, 2.45) is 11.1 Å². The summed E-state index contributed by atoms with van der Waals surface area (Å²) in [7, 11) is -3.47. The number of benzene rings is 1. The molecule has 2 atom stereocenters. The number of hydrogen-bond donors (Lipinski definition) is 2. The molecule has 0 radical (unpaired) electrons. The number of sulfonamides is 1. The predicted octanol–water partition coefficient (Wildman–Crippen LogP) is 2.27. The molecule has 1 unspecified atom stereocenters. The molecule has 6 nitrogen and oxygen atoms in total. The fourth-order valence-corrected chi connectivity index (χ4v) is 3.88. The van der Waals surface area contributed by atoms with Gasteiger partial charge in [0.2, 0.25) is 15.9 Å². The van der Waals surface area contributed by atoms with Gasteiger partial charge < -0.3 is 11.1 Å². The molecule has 142 valence electrons. The molecule has 0 bridgehead atoms. The van der Waals surface area contributed by atoms with Crippen LogP contribution < -0.4 is 11.1 Å². The van der Waals surface area contributed by atoms with Crippen LogP contribution in [0.15, 0.2) is 29.2 Å². The normalized spacial score (nSPS) is 15.0. The van der Waals surface area contributed by atoms with Crippen LogP contribution in [0.4, 0.5) is 0 Å². The van der Waals surface area contributed by atoms with Crippen LogP contribution in [0.5, 0.6) is 0 Å². The number of nitrogens with two attached hydrogens (primary N) is 1. The summed E-state index contributed by atoms with van der Waals surface area (Å²) >= 11 is 0. The van der Waals surface area contributed by atoms with Gasteiger partial charge in [0.25, 0.3) is 0 Å². The van der Waals surface area contributed by atoms with Crippen molar-refractivity contribution in [1.82, 2.24) is 9.62 Å². The summed E-state index contributed by atoms with van der Waals surface area (Å²) in [5.41, 5.74) is 6.47. The van der Waals surface area contributed by atoms with Gasteiger partial charge in [0.05, 0.1) is 17.0 Å². The van der Waals surface area contributed by atoms with Crippen molar-refractivity contribution < 1.29 is 13.2 Å². The van der Waals surface area contributed by atoms with Crippen LogP contribution >= 0.6 is 0 Å². The van der Waals surface area contributed by atoms with Gasteiger partial charge in [-0.1, -0.05) is 46.8 Å². The molecule has 0 aliphatic heterocycles. The summed E-state index contributed by atoms with van der Waals surface area (Å²) in [5, 5.41) is 2.88. The van der Waals surface area contributed by atoms with Gasteiger partial charge >= 0.3 is 0 Å². The van der Waals surface area contributed by atoms with Crippen LogP contribution in [-0.4, -0.2) is 37.8 Å². The van der Waals surface area contributed by atoms with Crippen LogP contribution in [0.25, 0.3) is 0 Å². The van der Waals surface area contributed by atoms with Gasteiger partial charge in [0, 0.05) is 13.1 Å². The van der Waals surface area contributed by atoms with Crippen LogP contribution in [-0.2, 0) is 14.8 Å². The molecule has 1 aromatic carbocycles. The van der Waals surface area contributed by atoms with E-state index >= 15 is 0 Å². The zero-order chi connectivity index (χ0) is 19.4. The number of rotatable bonds is 7. The zero-order valence-electron chi connectivity index (χ0n) is 16.0. The molecule has 0 aromatic heterocycles. The topological polar surface area (TPSA) is 92.5 Å². The van der Waals surface area contributed by atoms with Gasteiger partial charge in [-0.3, -0.25) is 4.79 Å². The lowest BCUT2D eigenvalue weighted by atomic mass is 9.86. The molecule has 1 aromatic rings. The molecule has 0 fully saturated rings.